The zero-order valence-corrected chi connectivity index (χ0v) is 10.2. The molecule has 17 heavy (non-hydrogen) atoms. The summed E-state index contributed by atoms with van der Waals surface area (Å²) in [5, 5.41) is 11.7. The Kier molecular flexibility index (Phi) is 5.25. The Morgan fingerprint density at radius 3 is 2.59 bits per heavy atom. The first-order valence-electron chi connectivity index (χ1n) is 5.39. The third-order valence-corrected chi connectivity index (χ3v) is 2.65. The second-order valence-electron chi connectivity index (χ2n) is 4.03. The number of aliphatic hydroxyl groups excluding tert-OH is 1. The highest BCUT2D eigenvalue weighted by Crippen LogP contribution is 2.19. The minimum atomic E-state index is -0.416. The van der Waals surface area contributed by atoms with Crippen molar-refractivity contribution < 1.29 is 14.6 Å². The molecule has 94 valence electrons. The fourth-order valence-corrected chi connectivity index (χ4v) is 1.64. The number of carbonyl (C=O) groups is 1. The number of alkyl carbamates (subject to hydrolysis) is 1. The lowest BCUT2D eigenvalue weighted by atomic mass is 9.90. The average molecular weight is 258 g/mol. The lowest BCUT2D eigenvalue weighted by Gasteiger charge is -2.31. The van der Waals surface area contributed by atoms with Crippen LogP contribution >= 0.6 is 12.4 Å². The summed E-state index contributed by atoms with van der Waals surface area (Å²) in [4.78, 5) is 11.3. The Hall–Kier alpha value is -1.26. The van der Waals surface area contributed by atoms with Crippen molar-refractivity contribution in [2.75, 3.05) is 0 Å². The second kappa shape index (κ2) is 6.47. The number of aliphatic hydroxyl groups is 1. The average Bonchev–Trinajstić information content (AvgIpc) is 2.26. The fourth-order valence-electron chi connectivity index (χ4n) is 1.64. The third-order valence-electron chi connectivity index (χ3n) is 2.65. The molecule has 0 bridgehead atoms. The Morgan fingerprint density at radius 2 is 2.00 bits per heavy atom. The molecule has 1 amide bonds. The van der Waals surface area contributed by atoms with Crippen molar-refractivity contribution in [3.63, 3.8) is 0 Å². The van der Waals surface area contributed by atoms with E-state index in [1.54, 1.807) is 0 Å². The van der Waals surface area contributed by atoms with Crippen molar-refractivity contribution in [1.82, 2.24) is 5.32 Å². The molecular formula is C12H16ClNO3. The highest BCUT2D eigenvalue weighted by molar-refractivity contribution is 5.85. The van der Waals surface area contributed by atoms with Gasteiger partial charge >= 0.3 is 6.09 Å². The smallest absolute Gasteiger partial charge is 0.407 e. The summed E-state index contributed by atoms with van der Waals surface area (Å²) in [6.07, 6.45) is 0.570. The summed E-state index contributed by atoms with van der Waals surface area (Å²) in [7, 11) is 0. The van der Waals surface area contributed by atoms with E-state index in [9.17, 15) is 4.79 Å². The van der Waals surface area contributed by atoms with Crippen molar-refractivity contribution in [1.29, 1.82) is 0 Å². The monoisotopic (exact) mass is 257 g/mol. The van der Waals surface area contributed by atoms with Crippen molar-refractivity contribution >= 4 is 18.5 Å². The second-order valence-corrected chi connectivity index (χ2v) is 4.03. The minimum Gasteiger partial charge on any atom is -0.445 e. The number of hydrogen-bond acceptors (Lipinski definition) is 3. The van der Waals surface area contributed by atoms with Crippen LogP contribution in [0.2, 0.25) is 0 Å². The molecule has 1 fully saturated rings. The van der Waals surface area contributed by atoms with Crippen LogP contribution in [0.3, 0.4) is 0 Å². The maximum atomic E-state index is 11.3. The van der Waals surface area contributed by atoms with E-state index in [0.29, 0.717) is 12.8 Å². The first-order valence-corrected chi connectivity index (χ1v) is 5.39. The van der Waals surface area contributed by atoms with Gasteiger partial charge in [-0.2, -0.15) is 0 Å². The van der Waals surface area contributed by atoms with Gasteiger partial charge in [-0.3, -0.25) is 0 Å². The topological polar surface area (TPSA) is 58.6 Å². The number of nitrogens with one attached hydrogen (secondary N) is 1. The Balaban J connectivity index is 0.00000144. The molecule has 1 aromatic rings. The van der Waals surface area contributed by atoms with E-state index in [1.807, 2.05) is 30.3 Å². The van der Waals surface area contributed by atoms with Gasteiger partial charge < -0.3 is 15.2 Å². The number of rotatable bonds is 3. The summed E-state index contributed by atoms with van der Waals surface area (Å²) >= 11 is 0. The van der Waals surface area contributed by atoms with E-state index in [4.69, 9.17) is 9.84 Å². The van der Waals surface area contributed by atoms with E-state index in [2.05, 4.69) is 5.32 Å². The lowest BCUT2D eigenvalue weighted by Crippen LogP contribution is -2.46. The van der Waals surface area contributed by atoms with Crippen molar-refractivity contribution in [3.8, 4) is 0 Å². The number of ether oxygens (including phenoxy) is 1. The summed E-state index contributed by atoms with van der Waals surface area (Å²) in [6.45, 7) is 0.280. The number of halogens is 1. The van der Waals surface area contributed by atoms with Gasteiger partial charge in [-0.15, -0.1) is 12.4 Å². The Morgan fingerprint density at radius 1 is 1.35 bits per heavy atom. The van der Waals surface area contributed by atoms with E-state index in [1.165, 1.54) is 0 Å². The molecule has 1 saturated carbocycles. The first-order chi connectivity index (χ1) is 7.74. The fraction of sp³-hybridized carbons (Fsp3) is 0.417. The van der Waals surface area contributed by atoms with Crippen LogP contribution in [0.5, 0.6) is 0 Å². The molecule has 1 aliphatic rings. The van der Waals surface area contributed by atoms with Gasteiger partial charge in [0, 0.05) is 6.04 Å². The molecular weight excluding hydrogens is 242 g/mol. The van der Waals surface area contributed by atoms with E-state index in [0.717, 1.165) is 5.56 Å². The van der Waals surface area contributed by atoms with Crippen LogP contribution < -0.4 is 5.32 Å². The quantitative estimate of drug-likeness (QED) is 0.869. The van der Waals surface area contributed by atoms with Crippen LogP contribution in [0.25, 0.3) is 0 Å². The molecule has 5 heteroatoms. The molecule has 1 aromatic carbocycles. The van der Waals surface area contributed by atoms with E-state index < -0.39 is 6.09 Å². The predicted octanol–water partition coefficient (Wildman–Crippen LogP) is 1.86. The molecule has 2 rings (SSSR count). The molecule has 0 unspecified atom stereocenters. The van der Waals surface area contributed by atoms with Crippen molar-refractivity contribution in [2.24, 2.45) is 0 Å². The maximum absolute atomic E-state index is 11.3. The standard InChI is InChI=1S/C12H15NO3.ClH/c14-11-6-10(7-11)13-12(15)16-8-9-4-2-1-3-5-9;/h1-5,10-11,14H,6-8H2,(H,13,15);1H. The Bertz CT molecular complexity index is 352. The summed E-state index contributed by atoms with van der Waals surface area (Å²) in [5.74, 6) is 0. The maximum Gasteiger partial charge on any atom is 0.407 e. The van der Waals surface area contributed by atoms with Gasteiger partial charge in [-0.05, 0) is 18.4 Å². The zero-order chi connectivity index (χ0) is 11.4. The lowest BCUT2D eigenvalue weighted by molar-refractivity contribution is 0.0568. The first kappa shape index (κ1) is 13.8. The normalized spacial score (nSPS) is 21.9. The van der Waals surface area contributed by atoms with Gasteiger partial charge in [0.1, 0.15) is 6.61 Å². The van der Waals surface area contributed by atoms with E-state index in [-0.39, 0.29) is 31.2 Å². The van der Waals surface area contributed by atoms with Crippen molar-refractivity contribution in [2.45, 2.75) is 31.6 Å². The number of hydrogen-bond donors (Lipinski definition) is 2. The van der Waals surface area contributed by atoms with Crippen LogP contribution in [0.1, 0.15) is 18.4 Å². The molecule has 0 aliphatic heterocycles. The molecule has 4 nitrogen and oxygen atoms in total. The van der Waals surface area contributed by atoms with Gasteiger partial charge in [0.2, 0.25) is 0 Å². The van der Waals surface area contributed by atoms with Crippen LogP contribution in [-0.2, 0) is 11.3 Å². The molecule has 0 spiro atoms. The summed E-state index contributed by atoms with van der Waals surface area (Å²) in [6, 6.07) is 9.59. The number of amides is 1. The Labute approximate surface area is 106 Å². The van der Waals surface area contributed by atoms with Gasteiger partial charge in [-0.25, -0.2) is 4.79 Å². The molecule has 0 atom stereocenters. The third kappa shape index (κ3) is 4.24. The van der Waals surface area contributed by atoms with Crippen LogP contribution in [0, 0.1) is 0 Å². The predicted molar refractivity (Wildman–Crippen MR) is 66.0 cm³/mol. The van der Waals surface area contributed by atoms with Gasteiger partial charge in [-0.1, -0.05) is 30.3 Å². The minimum absolute atomic E-state index is 0. The molecule has 0 heterocycles. The molecule has 0 radical (unpaired) electrons. The molecule has 0 saturated heterocycles. The molecule has 2 N–H and O–H groups in total. The van der Waals surface area contributed by atoms with Gasteiger partial charge in [0.25, 0.3) is 0 Å². The van der Waals surface area contributed by atoms with E-state index >= 15 is 0 Å². The largest absolute Gasteiger partial charge is 0.445 e. The number of benzene rings is 1. The summed E-state index contributed by atoms with van der Waals surface area (Å²) < 4.78 is 5.04. The molecule has 1 aliphatic carbocycles. The SMILES string of the molecule is Cl.O=C(NC1CC(O)C1)OCc1ccccc1. The van der Waals surface area contributed by atoms with Gasteiger partial charge in [0.15, 0.2) is 0 Å². The van der Waals surface area contributed by atoms with Crippen LogP contribution in [-0.4, -0.2) is 23.3 Å². The zero-order valence-electron chi connectivity index (χ0n) is 9.33. The van der Waals surface area contributed by atoms with Crippen LogP contribution in [0.15, 0.2) is 30.3 Å². The van der Waals surface area contributed by atoms with Gasteiger partial charge in [0.05, 0.1) is 6.10 Å². The summed E-state index contributed by atoms with van der Waals surface area (Å²) in [5.41, 5.74) is 0.964. The highest BCUT2D eigenvalue weighted by atomic mass is 35.5. The molecule has 0 aromatic heterocycles. The number of carbonyl (C=O) groups excluding carboxylic acids is 1. The van der Waals surface area contributed by atoms with Crippen molar-refractivity contribution in [3.05, 3.63) is 35.9 Å². The van der Waals surface area contributed by atoms with Crippen LogP contribution in [0.4, 0.5) is 4.79 Å². The highest BCUT2D eigenvalue weighted by Gasteiger charge is 2.28.